The molecule has 0 aliphatic rings. The van der Waals surface area contributed by atoms with Crippen molar-refractivity contribution < 1.29 is 9.34 Å². The van der Waals surface area contributed by atoms with E-state index in [1.54, 1.807) is 12.3 Å². The van der Waals surface area contributed by atoms with Crippen LogP contribution in [0.4, 0.5) is 5.00 Å². The number of hydrogen-bond donors (Lipinski definition) is 1. The van der Waals surface area contributed by atoms with Gasteiger partial charge in [0.05, 0.1) is 22.5 Å². The number of nitrogens with one attached hydrogen (secondary N) is 1. The molecule has 2 aromatic heterocycles. The fraction of sp³-hybridized carbons (Fsp3) is 0.300. The van der Waals surface area contributed by atoms with Gasteiger partial charge in [-0.05, 0) is 12.6 Å². The molecular weight excluding hydrogens is 242 g/mol. The third-order valence-corrected chi connectivity index (χ3v) is 3.15. The first-order valence-electron chi connectivity index (χ1n) is 5.10. The smallest absolute Gasteiger partial charge is 0.324 e. The molecule has 0 bridgehead atoms. The Hall–Kier alpha value is -1.73. The maximum atomic E-state index is 10.6. The van der Waals surface area contributed by atoms with Gasteiger partial charge in [0.25, 0.3) is 0 Å². The fourth-order valence-corrected chi connectivity index (χ4v) is 2.06. The summed E-state index contributed by atoms with van der Waals surface area (Å²) in [5, 5.41) is 13.7. The molecule has 0 spiro atoms. The maximum absolute atomic E-state index is 10.6. The van der Waals surface area contributed by atoms with Crippen molar-refractivity contribution in [3.05, 3.63) is 34.3 Å². The number of rotatable bonds is 5. The molecule has 0 radical (unpaired) electrons. The van der Waals surface area contributed by atoms with Gasteiger partial charge in [0.2, 0.25) is 5.89 Å². The summed E-state index contributed by atoms with van der Waals surface area (Å²) in [6.07, 6.45) is 1.59. The number of nitro groups is 1. The van der Waals surface area contributed by atoms with Gasteiger partial charge in [-0.2, -0.15) is 0 Å². The average Bonchev–Trinajstić information content (AvgIpc) is 2.94. The van der Waals surface area contributed by atoms with Gasteiger partial charge >= 0.3 is 5.00 Å². The van der Waals surface area contributed by atoms with Crippen molar-refractivity contribution in [3.63, 3.8) is 0 Å². The van der Waals surface area contributed by atoms with Crippen molar-refractivity contribution in [1.29, 1.82) is 0 Å². The fourth-order valence-electron chi connectivity index (χ4n) is 1.30. The number of nitrogens with zero attached hydrogens (tertiary/aromatic N) is 2. The summed E-state index contributed by atoms with van der Waals surface area (Å²) in [5.74, 6) is 1.15. The highest BCUT2D eigenvalue weighted by Crippen LogP contribution is 2.32. The van der Waals surface area contributed by atoms with Crippen LogP contribution in [-0.2, 0) is 6.54 Å². The Morgan fingerprint density at radius 3 is 3.06 bits per heavy atom. The van der Waals surface area contributed by atoms with Crippen LogP contribution in [-0.4, -0.2) is 16.5 Å². The highest BCUT2D eigenvalue weighted by molar-refractivity contribution is 7.18. The molecule has 17 heavy (non-hydrogen) atoms. The molecule has 2 aromatic rings. The van der Waals surface area contributed by atoms with Crippen molar-refractivity contribution >= 4 is 16.3 Å². The van der Waals surface area contributed by atoms with E-state index in [2.05, 4.69) is 10.3 Å². The topological polar surface area (TPSA) is 81.2 Å². The monoisotopic (exact) mass is 253 g/mol. The predicted octanol–water partition coefficient (Wildman–Crippen LogP) is 2.42. The molecule has 2 rings (SSSR count). The number of aromatic nitrogens is 1. The number of hydrogen-bond acceptors (Lipinski definition) is 6. The molecule has 2 heterocycles. The Labute approximate surface area is 101 Å². The van der Waals surface area contributed by atoms with E-state index in [-0.39, 0.29) is 5.00 Å². The van der Waals surface area contributed by atoms with Gasteiger partial charge in [0.15, 0.2) is 5.76 Å². The van der Waals surface area contributed by atoms with Gasteiger partial charge in [0.1, 0.15) is 0 Å². The molecule has 90 valence electrons. The van der Waals surface area contributed by atoms with E-state index in [9.17, 15) is 10.1 Å². The minimum absolute atomic E-state index is 0.102. The Morgan fingerprint density at radius 1 is 1.59 bits per heavy atom. The van der Waals surface area contributed by atoms with E-state index >= 15 is 0 Å². The van der Waals surface area contributed by atoms with Gasteiger partial charge in [0, 0.05) is 6.07 Å². The van der Waals surface area contributed by atoms with Crippen molar-refractivity contribution in [2.45, 2.75) is 13.5 Å². The summed E-state index contributed by atoms with van der Waals surface area (Å²) in [5.41, 5.74) is 0. The molecule has 0 saturated carbocycles. The van der Waals surface area contributed by atoms with E-state index in [1.807, 2.05) is 6.92 Å². The average molecular weight is 253 g/mol. The molecule has 7 heteroatoms. The maximum Gasteiger partial charge on any atom is 0.324 e. The summed E-state index contributed by atoms with van der Waals surface area (Å²) in [6.45, 7) is 3.39. The van der Waals surface area contributed by atoms with Crippen LogP contribution in [0.15, 0.2) is 22.7 Å². The lowest BCUT2D eigenvalue weighted by Gasteiger charge is -1.94. The van der Waals surface area contributed by atoms with Crippen LogP contribution in [0.25, 0.3) is 10.6 Å². The molecule has 1 N–H and O–H groups in total. The molecule has 0 atom stereocenters. The SMILES string of the molecule is CCNCc1ncc(-c2ccc([N+](=O)[O-])s2)o1. The minimum atomic E-state index is -0.413. The normalized spacial score (nSPS) is 10.6. The lowest BCUT2D eigenvalue weighted by Crippen LogP contribution is -2.11. The molecule has 0 unspecified atom stereocenters. The predicted molar refractivity (Wildman–Crippen MR) is 63.9 cm³/mol. The summed E-state index contributed by atoms with van der Waals surface area (Å²) < 4.78 is 5.48. The first-order valence-corrected chi connectivity index (χ1v) is 5.92. The molecule has 0 amide bonds. The Bertz CT molecular complexity index is 520. The van der Waals surface area contributed by atoms with E-state index in [1.165, 1.54) is 6.07 Å². The van der Waals surface area contributed by atoms with E-state index < -0.39 is 4.92 Å². The van der Waals surface area contributed by atoms with Crippen molar-refractivity contribution in [2.24, 2.45) is 0 Å². The van der Waals surface area contributed by atoms with E-state index in [0.29, 0.717) is 23.1 Å². The van der Waals surface area contributed by atoms with Gasteiger partial charge in [-0.25, -0.2) is 4.98 Å². The number of oxazole rings is 1. The lowest BCUT2D eigenvalue weighted by molar-refractivity contribution is -0.380. The quantitative estimate of drug-likeness (QED) is 0.653. The Balaban J connectivity index is 2.15. The summed E-state index contributed by atoms with van der Waals surface area (Å²) >= 11 is 1.08. The summed E-state index contributed by atoms with van der Waals surface area (Å²) in [6, 6.07) is 3.13. The Kier molecular flexibility index (Phi) is 3.50. The van der Waals surface area contributed by atoms with Crippen molar-refractivity contribution in [3.8, 4) is 10.6 Å². The highest BCUT2D eigenvalue weighted by atomic mass is 32.1. The second-order valence-electron chi connectivity index (χ2n) is 3.29. The van der Waals surface area contributed by atoms with Crippen LogP contribution in [0.2, 0.25) is 0 Å². The second-order valence-corrected chi connectivity index (χ2v) is 4.36. The molecule has 0 aliphatic heterocycles. The van der Waals surface area contributed by atoms with Gasteiger partial charge in [-0.3, -0.25) is 10.1 Å². The van der Waals surface area contributed by atoms with Crippen LogP contribution in [0.1, 0.15) is 12.8 Å². The summed E-state index contributed by atoms with van der Waals surface area (Å²) in [4.78, 5) is 14.9. The first-order chi connectivity index (χ1) is 8.20. The minimum Gasteiger partial charge on any atom is -0.438 e. The molecule has 0 aromatic carbocycles. The van der Waals surface area contributed by atoms with Gasteiger partial charge in [-0.15, -0.1) is 0 Å². The zero-order valence-corrected chi connectivity index (χ0v) is 9.99. The third-order valence-electron chi connectivity index (χ3n) is 2.09. The molecule has 0 fully saturated rings. The summed E-state index contributed by atoms with van der Waals surface area (Å²) in [7, 11) is 0. The van der Waals surface area contributed by atoms with Gasteiger partial charge < -0.3 is 9.73 Å². The van der Waals surface area contributed by atoms with Crippen LogP contribution in [0, 0.1) is 10.1 Å². The van der Waals surface area contributed by atoms with E-state index in [4.69, 9.17) is 4.42 Å². The standard InChI is InChI=1S/C10H11N3O3S/c1-2-11-6-9-12-5-7(16-9)8-3-4-10(17-8)13(14)15/h3-5,11H,2,6H2,1H3. The third kappa shape index (κ3) is 2.69. The first kappa shape index (κ1) is 11.7. The van der Waals surface area contributed by atoms with Crippen molar-refractivity contribution in [1.82, 2.24) is 10.3 Å². The van der Waals surface area contributed by atoms with Crippen LogP contribution < -0.4 is 5.32 Å². The molecule has 0 aliphatic carbocycles. The zero-order chi connectivity index (χ0) is 12.3. The van der Waals surface area contributed by atoms with Crippen LogP contribution >= 0.6 is 11.3 Å². The Morgan fingerprint density at radius 2 is 2.41 bits per heavy atom. The lowest BCUT2D eigenvalue weighted by atomic mass is 10.4. The highest BCUT2D eigenvalue weighted by Gasteiger charge is 2.14. The van der Waals surface area contributed by atoms with Gasteiger partial charge in [-0.1, -0.05) is 18.3 Å². The molecule has 6 nitrogen and oxygen atoms in total. The molecule has 0 saturated heterocycles. The second kappa shape index (κ2) is 5.07. The van der Waals surface area contributed by atoms with Crippen molar-refractivity contribution in [2.75, 3.05) is 6.54 Å². The largest absolute Gasteiger partial charge is 0.438 e. The van der Waals surface area contributed by atoms with E-state index in [0.717, 1.165) is 17.9 Å². The van der Waals surface area contributed by atoms with Crippen LogP contribution in [0.3, 0.4) is 0 Å². The molecular formula is C10H11N3O3S. The number of thiophene rings is 1. The zero-order valence-electron chi connectivity index (χ0n) is 9.17. The van der Waals surface area contributed by atoms with Crippen LogP contribution in [0.5, 0.6) is 0 Å².